The number of hydrogen-bond acceptors (Lipinski definition) is 4. The number of benzene rings is 2. The lowest BCUT2D eigenvalue weighted by atomic mass is 10.0. The van der Waals surface area contributed by atoms with Gasteiger partial charge in [-0.2, -0.15) is 0 Å². The maximum Gasteiger partial charge on any atom is 0.258 e. The van der Waals surface area contributed by atoms with Crippen molar-refractivity contribution in [1.82, 2.24) is 4.90 Å². The first kappa shape index (κ1) is 16.7. The van der Waals surface area contributed by atoms with Crippen LogP contribution in [0.1, 0.15) is 30.1 Å². The lowest BCUT2D eigenvalue weighted by Gasteiger charge is -2.38. The fourth-order valence-corrected chi connectivity index (χ4v) is 4.92. The zero-order chi connectivity index (χ0) is 17.3. The second-order valence-electron chi connectivity index (χ2n) is 6.49. The Labute approximate surface area is 152 Å². The first-order valence-electron chi connectivity index (χ1n) is 8.94. The fraction of sp³-hybridized carbons (Fsp3) is 0.450. The smallest absolute Gasteiger partial charge is 0.258 e. The summed E-state index contributed by atoms with van der Waals surface area (Å²) in [4.78, 5) is 15.2. The summed E-state index contributed by atoms with van der Waals surface area (Å²) >= 11 is 1.90. The molecule has 2 heterocycles. The molecule has 2 aliphatic heterocycles. The molecule has 25 heavy (non-hydrogen) atoms. The SMILES string of the molecule is CCOc1ccc2ccccc2c1C(=O)N1CCC2(CC1)OCCS2. The van der Waals surface area contributed by atoms with Crippen molar-refractivity contribution in [1.29, 1.82) is 0 Å². The van der Waals surface area contributed by atoms with E-state index in [4.69, 9.17) is 9.47 Å². The van der Waals surface area contributed by atoms with E-state index in [1.165, 1.54) is 0 Å². The van der Waals surface area contributed by atoms with Gasteiger partial charge in [0.2, 0.25) is 0 Å². The van der Waals surface area contributed by atoms with E-state index >= 15 is 0 Å². The van der Waals surface area contributed by atoms with E-state index in [0.29, 0.717) is 17.9 Å². The second-order valence-corrected chi connectivity index (χ2v) is 7.93. The maximum atomic E-state index is 13.3. The highest BCUT2D eigenvalue weighted by Crippen LogP contribution is 2.42. The molecule has 4 rings (SSSR count). The number of likely N-dealkylation sites (tertiary alicyclic amines) is 1. The number of rotatable bonds is 3. The lowest BCUT2D eigenvalue weighted by Crippen LogP contribution is -2.45. The Morgan fingerprint density at radius 1 is 1.24 bits per heavy atom. The molecule has 0 aromatic heterocycles. The molecule has 0 N–H and O–H groups in total. The van der Waals surface area contributed by atoms with Gasteiger partial charge in [0, 0.05) is 31.7 Å². The van der Waals surface area contributed by atoms with Crippen LogP contribution in [0.2, 0.25) is 0 Å². The number of hydrogen-bond donors (Lipinski definition) is 0. The van der Waals surface area contributed by atoms with Crippen LogP contribution in [0.3, 0.4) is 0 Å². The number of thioether (sulfide) groups is 1. The third-order valence-corrected chi connectivity index (χ3v) is 6.45. The van der Waals surface area contributed by atoms with Crippen molar-refractivity contribution < 1.29 is 14.3 Å². The average Bonchev–Trinajstić information content (AvgIpc) is 3.10. The van der Waals surface area contributed by atoms with E-state index in [1.54, 1.807) is 0 Å². The zero-order valence-electron chi connectivity index (χ0n) is 14.5. The van der Waals surface area contributed by atoms with Gasteiger partial charge in [-0.15, -0.1) is 11.8 Å². The lowest BCUT2D eigenvalue weighted by molar-refractivity contribution is 0.00351. The molecule has 1 amide bonds. The van der Waals surface area contributed by atoms with Crippen LogP contribution in [0.4, 0.5) is 0 Å². The summed E-state index contributed by atoms with van der Waals surface area (Å²) in [7, 11) is 0. The van der Waals surface area contributed by atoms with Crippen molar-refractivity contribution in [2.45, 2.75) is 24.7 Å². The van der Waals surface area contributed by atoms with E-state index in [0.717, 1.165) is 49.1 Å². The maximum absolute atomic E-state index is 13.3. The van der Waals surface area contributed by atoms with Crippen LogP contribution >= 0.6 is 11.8 Å². The van der Waals surface area contributed by atoms with Gasteiger partial charge >= 0.3 is 0 Å². The van der Waals surface area contributed by atoms with Gasteiger partial charge in [0.05, 0.1) is 18.8 Å². The van der Waals surface area contributed by atoms with Gasteiger partial charge in [0.15, 0.2) is 0 Å². The number of piperidine rings is 1. The van der Waals surface area contributed by atoms with Crippen molar-refractivity contribution in [3.05, 3.63) is 42.0 Å². The minimum absolute atomic E-state index is 0.0573. The zero-order valence-corrected chi connectivity index (χ0v) is 15.3. The predicted octanol–water partition coefficient (Wildman–Crippen LogP) is 3.93. The molecule has 0 unspecified atom stereocenters. The molecule has 5 heteroatoms. The third-order valence-electron chi connectivity index (χ3n) is 5.03. The van der Waals surface area contributed by atoms with E-state index in [2.05, 4.69) is 0 Å². The molecule has 2 saturated heterocycles. The molecular weight excluding hydrogens is 334 g/mol. The van der Waals surface area contributed by atoms with Crippen molar-refractivity contribution in [2.24, 2.45) is 0 Å². The molecule has 0 atom stereocenters. The summed E-state index contributed by atoms with van der Waals surface area (Å²) in [5.41, 5.74) is 0.691. The summed E-state index contributed by atoms with van der Waals surface area (Å²) < 4.78 is 11.7. The van der Waals surface area contributed by atoms with Crippen molar-refractivity contribution in [2.75, 3.05) is 32.1 Å². The van der Waals surface area contributed by atoms with Gasteiger partial charge in [-0.05, 0) is 23.8 Å². The van der Waals surface area contributed by atoms with Gasteiger partial charge in [-0.25, -0.2) is 0 Å². The molecule has 0 saturated carbocycles. The highest BCUT2D eigenvalue weighted by Gasteiger charge is 2.40. The van der Waals surface area contributed by atoms with Gasteiger partial charge < -0.3 is 14.4 Å². The molecule has 2 aromatic rings. The first-order valence-corrected chi connectivity index (χ1v) is 9.93. The summed E-state index contributed by atoms with van der Waals surface area (Å²) in [5.74, 6) is 1.81. The van der Waals surface area contributed by atoms with Crippen molar-refractivity contribution in [3.8, 4) is 5.75 Å². The summed E-state index contributed by atoms with van der Waals surface area (Å²) in [6.07, 6.45) is 1.80. The quantitative estimate of drug-likeness (QED) is 0.834. The highest BCUT2D eigenvalue weighted by molar-refractivity contribution is 8.00. The van der Waals surface area contributed by atoms with Crippen LogP contribution in [-0.2, 0) is 4.74 Å². The Hall–Kier alpha value is -1.72. The third kappa shape index (κ3) is 3.11. The van der Waals surface area contributed by atoms with Gasteiger partial charge in [-0.1, -0.05) is 30.3 Å². The summed E-state index contributed by atoms with van der Waals surface area (Å²) in [5, 5.41) is 2.03. The molecule has 0 bridgehead atoms. The number of fused-ring (bicyclic) bond motifs is 1. The normalized spacial score (nSPS) is 19.5. The largest absolute Gasteiger partial charge is 0.493 e. The number of ether oxygens (including phenoxy) is 2. The Morgan fingerprint density at radius 2 is 2.04 bits per heavy atom. The van der Waals surface area contributed by atoms with Crippen LogP contribution < -0.4 is 4.74 Å². The first-order chi connectivity index (χ1) is 12.2. The summed E-state index contributed by atoms with van der Waals surface area (Å²) in [6, 6.07) is 12.0. The fourth-order valence-electron chi connectivity index (χ4n) is 3.74. The minimum Gasteiger partial charge on any atom is -0.493 e. The van der Waals surface area contributed by atoms with Gasteiger partial charge in [0.25, 0.3) is 5.91 Å². The highest BCUT2D eigenvalue weighted by atomic mass is 32.2. The number of carbonyl (C=O) groups is 1. The molecule has 2 fully saturated rings. The Bertz CT molecular complexity index is 776. The molecular formula is C20H23NO3S. The standard InChI is InChI=1S/C20H23NO3S/c1-2-23-17-8-7-15-5-3-4-6-16(15)18(17)19(22)21-11-9-20(10-12-21)24-13-14-25-20/h3-8H,2,9-14H2,1H3. The van der Waals surface area contributed by atoms with Crippen LogP contribution in [-0.4, -0.2) is 47.8 Å². The van der Waals surface area contributed by atoms with E-state index in [-0.39, 0.29) is 10.8 Å². The molecule has 2 aliphatic rings. The van der Waals surface area contributed by atoms with Crippen LogP contribution in [0.5, 0.6) is 5.75 Å². The van der Waals surface area contributed by atoms with Crippen LogP contribution in [0.25, 0.3) is 10.8 Å². The molecule has 0 radical (unpaired) electrons. The number of amides is 1. The Morgan fingerprint density at radius 3 is 2.76 bits per heavy atom. The summed E-state index contributed by atoms with van der Waals surface area (Å²) in [6.45, 7) is 4.80. The molecule has 132 valence electrons. The molecule has 2 aromatic carbocycles. The minimum atomic E-state index is -0.0573. The van der Waals surface area contributed by atoms with Gasteiger partial charge in [-0.3, -0.25) is 4.79 Å². The van der Waals surface area contributed by atoms with Crippen LogP contribution in [0.15, 0.2) is 36.4 Å². The van der Waals surface area contributed by atoms with Gasteiger partial charge in [0.1, 0.15) is 10.7 Å². The molecule has 4 nitrogen and oxygen atoms in total. The molecule has 0 aliphatic carbocycles. The van der Waals surface area contributed by atoms with E-state index in [1.807, 2.05) is 60.0 Å². The predicted molar refractivity (Wildman–Crippen MR) is 101 cm³/mol. The van der Waals surface area contributed by atoms with Crippen molar-refractivity contribution >= 4 is 28.4 Å². The molecule has 1 spiro atoms. The second kappa shape index (κ2) is 6.89. The Balaban J connectivity index is 1.64. The Kier molecular flexibility index (Phi) is 4.61. The van der Waals surface area contributed by atoms with E-state index in [9.17, 15) is 4.79 Å². The van der Waals surface area contributed by atoms with Crippen LogP contribution in [0, 0.1) is 0 Å². The number of carbonyl (C=O) groups excluding carboxylic acids is 1. The topological polar surface area (TPSA) is 38.8 Å². The van der Waals surface area contributed by atoms with Crippen molar-refractivity contribution in [3.63, 3.8) is 0 Å². The average molecular weight is 357 g/mol. The monoisotopic (exact) mass is 357 g/mol. The van der Waals surface area contributed by atoms with E-state index < -0.39 is 0 Å². The number of nitrogens with zero attached hydrogens (tertiary/aromatic N) is 1.